The topological polar surface area (TPSA) is 42.2 Å². The van der Waals surface area contributed by atoms with Crippen molar-refractivity contribution in [3.8, 4) is 17.0 Å². The van der Waals surface area contributed by atoms with Gasteiger partial charge in [-0.05, 0) is 52.9 Å². The third-order valence-electron chi connectivity index (χ3n) is 4.37. The molecule has 0 unspecified atom stereocenters. The number of phenols is 1. The predicted octanol–water partition coefficient (Wildman–Crippen LogP) is 4.42. The van der Waals surface area contributed by atoms with Crippen LogP contribution in [0.1, 0.15) is 5.56 Å². The average Bonchev–Trinajstić information content (AvgIpc) is 2.65. The maximum atomic E-state index is 13.1. The smallest absolute Gasteiger partial charge is 0.259 e. The molecular formula is C22H17NO2. The number of nitrogens with zero attached hydrogens (tertiary/aromatic N) is 1. The first-order valence-corrected chi connectivity index (χ1v) is 8.18. The summed E-state index contributed by atoms with van der Waals surface area (Å²) < 4.78 is 1.80. The molecule has 1 aromatic heterocycles. The van der Waals surface area contributed by atoms with E-state index in [4.69, 9.17) is 0 Å². The molecule has 3 aromatic carbocycles. The van der Waals surface area contributed by atoms with Gasteiger partial charge in [-0.25, -0.2) is 0 Å². The van der Waals surface area contributed by atoms with Crippen LogP contribution in [0, 0.1) is 0 Å². The van der Waals surface area contributed by atoms with E-state index in [0.29, 0.717) is 11.9 Å². The van der Waals surface area contributed by atoms with Gasteiger partial charge in [0.15, 0.2) is 0 Å². The lowest BCUT2D eigenvalue weighted by atomic mass is 10.1. The predicted molar refractivity (Wildman–Crippen MR) is 101 cm³/mol. The van der Waals surface area contributed by atoms with Crippen molar-refractivity contribution in [2.45, 2.75) is 6.54 Å². The zero-order valence-electron chi connectivity index (χ0n) is 13.6. The Morgan fingerprint density at radius 1 is 0.800 bits per heavy atom. The van der Waals surface area contributed by atoms with Crippen molar-refractivity contribution in [3.05, 3.63) is 101 Å². The fourth-order valence-electron chi connectivity index (χ4n) is 3.09. The highest BCUT2D eigenvalue weighted by molar-refractivity contribution is 5.85. The van der Waals surface area contributed by atoms with Crippen LogP contribution in [-0.4, -0.2) is 9.67 Å². The molecule has 0 radical (unpaired) electrons. The Balaban J connectivity index is 1.97. The van der Waals surface area contributed by atoms with Gasteiger partial charge in [0.05, 0.1) is 12.2 Å². The molecule has 0 spiro atoms. The van der Waals surface area contributed by atoms with Crippen molar-refractivity contribution in [1.29, 1.82) is 0 Å². The second-order valence-electron chi connectivity index (χ2n) is 6.04. The minimum atomic E-state index is -0.00923. The number of hydrogen-bond donors (Lipinski definition) is 1. The van der Waals surface area contributed by atoms with Crippen molar-refractivity contribution in [2.75, 3.05) is 0 Å². The molecule has 122 valence electrons. The maximum Gasteiger partial charge on any atom is 0.259 e. The lowest BCUT2D eigenvalue weighted by Gasteiger charge is -2.15. The Hall–Kier alpha value is -3.33. The fraction of sp³-hybridized carbons (Fsp3) is 0.0455. The van der Waals surface area contributed by atoms with Gasteiger partial charge in [-0.1, -0.05) is 48.5 Å². The summed E-state index contributed by atoms with van der Waals surface area (Å²) in [6.07, 6.45) is 0. The monoisotopic (exact) mass is 327 g/mol. The van der Waals surface area contributed by atoms with Gasteiger partial charge in [-0.2, -0.15) is 0 Å². The van der Waals surface area contributed by atoms with E-state index in [2.05, 4.69) is 0 Å². The lowest BCUT2D eigenvalue weighted by molar-refractivity contribution is 0.475. The Morgan fingerprint density at radius 3 is 2.24 bits per heavy atom. The lowest BCUT2D eigenvalue weighted by Crippen LogP contribution is -2.22. The van der Waals surface area contributed by atoms with Crippen LogP contribution in [-0.2, 0) is 6.54 Å². The standard InChI is InChI=1S/C22H17NO2/c24-19-12-10-17(11-13-19)21-14-18-8-4-5-9-20(18)22(25)23(21)15-16-6-2-1-3-7-16/h1-14,24H,15H2. The van der Waals surface area contributed by atoms with Gasteiger partial charge in [0.25, 0.3) is 5.56 Å². The summed E-state index contributed by atoms with van der Waals surface area (Å²) in [6, 6.07) is 26.6. The van der Waals surface area contributed by atoms with Gasteiger partial charge in [0.1, 0.15) is 5.75 Å². The van der Waals surface area contributed by atoms with E-state index in [9.17, 15) is 9.90 Å². The van der Waals surface area contributed by atoms with Crippen LogP contribution in [0.3, 0.4) is 0 Å². The van der Waals surface area contributed by atoms with E-state index in [1.165, 1.54) is 0 Å². The largest absolute Gasteiger partial charge is 0.508 e. The first kappa shape index (κ1) is 15.2. The minimum absolute atomic E-state index is 0.00923. The quantitative estimate of drug-likeness (QED) is 0.605. The molecule has 0 bridgehead atoms. The molecule has 1 heterocycles. The number of fused-ring (bicyclic) bond motifs is 1. The Bertz CT molecular complexity index is 1080. The van der Waals surface area contributed by atoms with Crippen molar-refractivity contribution < 1.29 is 5.11 Å². The Morgan fingerprint density at radius 2 is 1.48 bits per heavy atom. The van der Waals surface area contributed by atoms with Gasteiger partial charge in [-0.3, -0.25) is 4.79 Å². The second kappa shape index (κ2) is 6.29. The van der Waals surface area contributed by atoms with Gasteiger partial charge >= 0.3 is 0 Å². The molecule has 3 heteroatoms. The zero-order chi connectivity index (χ0) is 17.2. The van der Waals surface area contributed by atoms with Crippen molar-refractivity contribution in [3.63, 3.8) is 0 Å². The van der Waals surface area contributed by atoms with Gasteiger partial charge in [0, 0.05) is 5.39 Å². The first-order chi connectivity index (χ1) is 12.2. The molecule has 1 N–H and O–H groups in total. The van der Waals surface area contributed by atoms with Crippen LogP contribution in [0.25, 0.3) is 22.0 Å². The highest BCUT2D eigenvalue weighted by atomic mass is 16.3. The highest BCUT2D eigenvalue weighted by Crippen LogP contribution is 2.25. The molecule has 0 aliphatic heterocycles. The normalized spacial score (nSPS) is 10.9. The van der Waals surface area contributed by atoms with Crippen molar-refractivity contribution in [2.24, 2.45) is 0 Å². The molecule has 0 atom stereocenters. The summed E-state index contributed by atoms with van der Waals surface area (Å²) in [4.78, 5) is 13.1. The highest BCUT2D eigenvalue weighted by Gasteiger charge is 2.11. The SMILES string of the molecule is O=c1c2ccccc2cc(-c2ccc(O)cc2)n1Cc1ccccc1. The van der Waals surface area contributed by atoms with Crippen LogP contribution in [0.5, 0.6) is 5.75 Å². The molecule has 0 fully saturated rings. The van der Waals surface area contributed by atoms with E-state index >= 15 is 0 Å². The summed E-state index contributed by atoms with van der Waals surface area (Å²) in [6.45, 7) is 0.501. The molecule has 0 amide bonds. The number of hydrogen-bond acceptors (Lipinski definition) is 2. The third kappa shape index (κ3) is 2.92. The Labute approximate surface area is 145 Å². The molecule has 25 heavy (non-hydrogen) atoms. The van der Waals surface area contributed by atoms with Crippen LogP contribution in [0.2, 0.25) is 0 Å². The third-order valence-corrected chi connectivity index (χ3v) is 4.37. The van der Waals surface area contributed by atoms with Crippen LogP contribution < -0.4 is 5.56 Å². The average molecular weight is 327 g/mol. The van der Waals surface area contributed by atoms with E-state index in [-0.39, 0.29) is 11.3 Å². The number of rotatable bonds is 3. The van der Waals surface area contributed by atoms with Crippen molar-refractivity contribution in [1.82, 2.24) is 4.57 Å². The molecule has 3 nitrogen and oxygen atoms in total. The molecule has 0 saturated heterocycles. The summed E-state index contributed by atoms with van der Waals surface area (Å²) in [7, 11) is 0. The number of aromatic hydroxyl groups is 1. The van der Waals surface area contributed by atoms with Gasteiger partial charge in [0.2, 0.25) is 0 Å². The molecule has 0 aliphatic rings. The van der Waals surface area contributed by atoms with Crippen LogP contribution in [0.4, 0.5) is 0 Å². The maximum absolute atomic E-state index is 13.1. The van der Waals surface area contributed by atoms with Crippen molar-refractivity contribution >= 4 is 10.8 Å². The van der Waals surface area contributed by atoms with Crippen LogP contribution >= 0.6 is 0 Å². The fourth-order valence-corrected chi connectivity index (χ4v) is 3.09. The van der Waals surface area contributed by atoms with E-state index < -0.39 is 0 Å². The summed E-state index contributed by atoms with van der Waals surface area (Å²) in [5, 5.41) is 11.2. The first-order valence-electron chi connectivity index (χ1n) is 8.18. The number of phenolic OH excluding ortho intramolecular Hbond substituents is 1. The molecule has 4 aromatic rings. The van der Waals surface area contributed by atoms with E-state index in [1.807, 2.05) is 72.8 Å². The molecular weight excluding hydrogens is 310 g/mol. The number of benzene rings is 3. The molecule has 0 aliphatic carbocycles. The summed E-state index contributed by atoms with van der Waals surface area (Å²) in [5.41, 5.74) is 2.80. The second-order valence-corrected chi connectivity index (χ2v) is 6.04. The zero-order valence-corrected chi connectivity index (χ0v) is 13.6. The summed E-state index contributed by atoms with van der Waals surface area (Å²) >= 11 is 0. The van der Waals surface area contributed by atoms with Crippen LogP contribution in [0.15, 0.2) is 89.7 Å². The number of pyridine rings is 1. The van der Waals surface area contributed by atoms with Gasteiger partial charge < -0.3 is 9.67 Å². The van der Waals surface area contributed by atoms with Gasteiger partial charge in [-0.15, -0.1) is 0 Å². The number of aromatic nitrogens is 1. The molecule has 0 saturated carbocycles. The van der Waals surface area contributed by atoms with E-state index in [0.717, 1.165) is 22.2 Å². The summed E-state index contributed by atoms with van der Waals surface area (Å²) in [5.74, 6) is 0.210. The van der Waals surface area contributed by atoms with E-state index in [1.54, 1.807) is 16.7 Å². The minimum Gasteiger partial charge on any atom is -0.508 e. The Kier molecular flexibility index (Phi) is 3.82. The molecule has 4 rings (SSSR count).